The van der Waals surface area contributed by atoms with E-state index in [0.717, 1.165) is 40.8 Å². The standard InChI is InChI=1S/C18H19FN2O/c1-10-6-13(9-20-12(10)3)15-8-16(17(19)7-11(15)2)18(22)21-14-4-5-14/h6-9,14H,4-5H2,1-3H3,(H,21,22). The monoisotopic (exact) mass is 298 g/mol. The van der Waals surface area contributed by atoms with E-state index >= 15 is 0 Å². The predicted molar refractivity (Wildman–Crippen MR) is 84.3 cm³/mol. The Hall–Kier alpha value is -2.23. The Morgan fingerprint density at radius 2 is 1.91 bits per heavy atom. The number of benzene rings is 1. The summed E-state index contributed by atoms with van der Waals surface area (Å²) >= 11 is 0. The van der Waals surface area contributed by atoms with Gasteiger partial charge in [-0.1, -0.05) is 0 Å². The number of halogens is 1. The van der Waals surface area contributed by atoms with Crippen LogP contribution in [0, 0.1) is 26.6 Å². The maximum absolute atomic E-state index is 14.1. The lowest BCUT2D eigenvalue weighted by molar-refractivity contribution is 0.0947. The first-order chi connectivity index (χ1) is 10.5. The summed E-state index contributed by atoms with van der Waals surface area (Å²) < 4.78 is 14.1. The van der Waals surface area contributed by atoms with E-state index in [1.807, 2.05) is 26.8 Å². The molecule has 3 nitrogen and oxygen atoms in total. The Morgan fingerprint density at radius 1 is 1.18 bits per heavy atom. The maximum atomic E-state index is 14.1. The van der Waals surface area contributed by atoms with Crippen LogP contribution in [0.5, 0.6) is 0 Å². The zero-order valence-corrected chi connectivity index (χ0v) is 13.0. The van der Waals surface area contributed by atoms with Crippen LogP contribution in [0.2, 0.25) is 0 Å². The topological polar surface area (TPSA) is 42.0 Å². The Morgan fingerprint density at radius 3 is 2.55 bits per heavy atom. The van der Waals surface area contributed by atoms with Crippen LogP contribution in [0.4, 0.5) is 4.39 Å². The molecule has 1 amide bonds. The van der Waals surface area contributed by atoms with E-state index in [1.165, 1.54) is 6.07 Å². The zero-order valence-electron chi connectivity index (χ0n) is 13.0. The van der Waals surface area contributed by atoms with Gasteiger partial charge in [-0.05, 0) is 68.5 Å². The highest BCUT2D eigenvalue weighted by atomic mass is 19.1. The molecule has 1 N–H and O–H groups in total. The smallest absolute Gasteiger partial charge is 0.254 e. The van der Waals surface area contributed by atoms with Gasteiger partial charge in [0.05, 0.1) is 5.56 Å². The van der Waals surface area contributed by atoms with Gasteiger partial charge in [0.25, 0.3) is 5.91 Å². The molecule has 0 radical (unpaired) electrons. The van der Waals surface area contributed by atoms with Crippen molar-refractivity contribution in [2.45, 2.75) is 39.7 Å². The summed E-state index contributed by atoms with van der Waals surface area (Å²) in [4.78, 5) is 16.5. The number of aryl methyl sites for hydroxylation is 3. The van der Waals surface area contributed by atoms with Crippen molar-refractivity contribution in [3.05, 3.63) is 52.6 Å². The van der Waals surface area contributed by atoms with Crippen LogP contribution in [-0.4, -0.2) is 16.9 Å². The number of hydrogen-bond donors (Lipinski definition) is 1. The molecule has 3 rings (SSSR count). The van der Waals surface area contributed by atoms with Crippen molar-refractivity contribution in [1.82, 2.24) is 10.3 Å². The normalized spacial score (nSPS) is 14.0. The van der Waals surface area contributed by atoms with Gasteiger partial charge in [0, 0.05) is 23.5 Å². The molecule has 114 valence electrons. The largest absolute Gasteiger partial charge is 0.349 e. The second kappa shape index (κ2) is 5.52. The van der Waals surface area contributed by atoms with Crippen molar-refractivity contribution in [1.29, 1.82) is 0 Å². The van der Waals surface area contributed by atoms with Gasteiger partial charge < -0.3 is 5.32 Å². The fourth-order valence-electron chi connectivity index (χ4n) is 2.44. The van der Waals surface area contributed by atoms with E-state index in [2.05, 4.69) is 10.3 Å². The van der Waals surface area contributed by atoms with Crippen molar-refractivity contribution in [2.75, 3.05) is 0 Å². The summed E-state index contributed by atoms with van der Waals surface area (Å²) in [5.74, 6) is -0.811. The average Bonchev–Trinajstić information content (AvgIpc) is 3.26. The van der Waals surface area contributed by atoms with Gasteiger partial charge in [0.1, 0.15) is 5.82 Å². The molecular weight excluding hydrogens is 279 g/mol. The molecule has 0 aliphatic heterocycles. The summed E-state index contributed by atoms with van der Waals surface area (Å²) in [6, 6.07) is 5.28. The quantitative estimate of drug-likeness (QED) is 0.938. The van der Waals surface area contributed by atoms with Crippen molar-refractivity contribution in [3.63, 3.8) is 0 Å². The lowest BCUT2D eigenvalue weighted by Crippen LogP contribution is -2.26. The van der Waals surface area contributed by atoms with E-state index in [1.54, 1.807) is 12.3 Å². The molecule has 0 unspecified atom stereocenters. The Kier molecular flexibility index (Phi) is 3.69. The highest BCUT2D eigenvalue weighted by Crippen LogP contribution is 2.28. The van der Waals surface area contributed by atoms with E-state index in [9.17, 15) is 9.18 Å². The SMILES string of the molecule is Cc1cc(F)c(C(=O)NC2CC2)cc1-c1cnc(C)c(C)c1. The lowest BCUT2D eigenvalue weighted by atomic mass is 9.97. The van der Waals surface area contributed by atoms with Gasteiger partial charge in [-0.2, -0.15) is 0 Å². The molecule has 2 aromatic rings. The van der Waals surface area contributed by atoms with Crippen LogP contribution < -0.4 is 5.32 Å². The van der Waals surface area contributed by atoms with E-state index < -0.39 is 5.82 Å². The first-order valence-electron chi connectivity index (χ1n) is 7.50. The molecule has 1 aliphatic rings. The Bertz CT molecular complexity index is 751. The number of carbonyl (C=O) groups is 1. The lowest BCUT2D eigenvalue weighted by Gasteiger charge is -2.12. The third-order valence-corrected chi connectivity index (χ3v) is 4.12. The van der Waals surface area contributed by atoms with Gasteiger partial charge in [-0.3, -0.25) is 9.78 Å². The fraction of sp³-hybridized carbons (Fsp3) is 0.333. The maximum Gasteiger partial charge on any atom is 0.254 e. The van der Waals surface area contributed by atoms with E-state index in [-0.39, 0.29) is 17.5 Å². The first-order valence-corrected chi connectivity index (χ1v) is 7.50. The molecule has 0 atom stereocenters. The second-order valence-electron chi connectivity index (χ2n) is 6.02. The summed E-state index contributed by atoms with van der Waals surface area (Å²) in [5, 5.41) is 2.84. The van der Waals surface area contributed by atoms with Gasteiger partial charge in [0.15, 0.2) is 0 Å². The minimum absolute atomic E-state index is 0.103. The molecule has 0 bridgehead atoms. The van der Waals surface area contributed by atoms with Crippen LogP contribution in [0.3, 0.4) is 0 Å². The zero-order chi connectivity index (χ0) is 15.9. The van der Waals surface area contributed by atoms with Gasteiger partial charge in [0.2, 0.25) is 0 Å². The number of amides is 1. The number of nitrogens with zero attached hydrogens (tertiary/aromatic N) is 1. The molecule has 1 aromatic heterocycles. The second-order valence-corrected chi connectivity index (χ2v) is 6.02. The number of aromatic nitrogens is 1. The molecule has 1 aliphatic carbocycles. The van der Waals surface area contributed by atoms with Gasteiger partial charge >= 0.3 is 0 Å². The van der Waals surface area contributed by atoms with Crippen LogP contribution in [-0.2, 0) is 0 Å². The van der Waals surface area contributed by atoms with Crippen LogP contribution in [0.1, 0.15) is 40.0 Å². The number of rotatable bonds is 3. The summed E-state index contributed by atoms with van der Waals surface area (Å²) in [5.41, 5.74) is 4.69. The minimum atomic E-state index is -0.476. The molecule has 0 spiro atoms. The Labute approximate surface area is 129 Å². The van der Waals surface area contributed by atoms with Crippen LogP contribution >= 0.6 is 0 Å². The van der Waals surface area contributed by atoms with E-state index in [0.29, 0.717) is 0 Å². The minimum Gasteiger partial charge on any atom is -0.349 e. The summed E-state index contributed by atoms with van der Waals surface area (Å²) in [7, 11) is 0. The van der Waals surface area contributed by atoms with Crippen molar-refractivity contribution in [2.24, 2.45) is 0 Å². The number of hydrogen-bond acceptors (Lipinski definition) is 2. The third kappa shape index (κ3) is 2.86. The molecule has 1 heterocycles. The Balaban J connectivity index is 2.03. The summed E-state index contributed by atoms with van der Waals surface area (Å²) in [6.45, 7) is 5.78. The number of nitrogens with one attached hydrogen (secondary N) is 1. The van der Waals surface area contributed by atoms with Crippen molar-refractivity contribution in [3.8, 4) is 11.1 Å². The van der Waals surface area contributed by atoms with Crippen LogP contribution in [0.25, 0.3) is 11.1 Å². The number of pyridine rings is 1. The van der Waals surface area contributed by atoms with E-state index in [4.69, 9.17) is 0 Å². The van der Waals surface area contributed by atoms with Crippen molar-refractivity contribution < 1.29 is 9.18 Å². The summed E-state index contributed by atoms with van der Waals surface area (Å²) in [6.07, 6.45) is 3.73. The molecule has 4 heteroatoms. The van der Waals surface area contributed by atoms with Crippen molar-refractivity contribution >= 4 is 5.91 Å². The van der Waals surface area contributed by atoms with Gasteiger partial charge in [-0.15, -0.1) is 0 Å². The van der Waals surface area contributed by atoms with Crippen LogP contribution in [0.15, 0.2) is 24.4 Å². The molecule has 22 heavy (non-hydrogen) atoms. The molecular formula is C18H19FN2O. The highest BCUT2D eigenvalue weighted by Gasteiger charge is 2.25. The predicted octanol–water partition coefficient (Wildman–Crippen LogP) is 3.71. The molecule has 1 aromatic carbocycles. The molecule has 1 fully saturated rings. The third-order valence-electron chi connectivity index (χ3n) is 4.12. The molecule has 0 saturated heterocycles. The first kappa shape index (κ1) is 14.7. The highest BCUT2D eigenvalue weighted by molar-refractivity contribution is 5.96. The van der Waals surface area contributed by atoms with Gasteiger partial charge in [-0.25, -0.2) is 4.39 Å². The fourth-order valence-corrected chi connectivity index (χ4v) is 2.44. The number of carbonyl (C=O) groups excluding carboxylic acids is 1. The molecule has 1 saturated carbocycles. The average molecular weight is 298 g/mol.